The van der Waals surface area contributed by atoms with Crippen LogP contribution >= 0.6 is 0 Å². The Bertz CT molecular complexity index is 377. The predicted octanol–water partition coefficient (Wildman–Crippen LogP) is -0.194. The van der Waals surface area contributed by atoms with Gasteiger partial charge < -0.3 is 25.2 Å². The summed E-state index contributed by atoms with van der Waals surface area (Å²) >= 11 is 0. The van der Waals surface area contributed by atoms with Gasteiger partial charge in [0.15, 0.2) is 0 Å². The van der Waals surface area contributed by atoms with E-state index in [0.717, 1.165) is 5.56 Å². The van der Waals surface area contributed by atoms with Crippen molar-refractivity contribution in [1.29, 1.82) is 0 Å². The maximum absolute atomic E-state index is 9.76. The van der Waals surface area contributed by atoms with Crippen LogP contribution in [0, 0.1) is 0 Å². The molecule has 0 amide bonds. The van der Waals surface area contributed by atoms with Crippen molar-refractivity contribution in [3.05, 3.63) is 29.8 Å². The van der Waals surface area contributed by atoms with Crippen molar-refractivity contribution < 1.29 is 25.2 Å². The van der Waals surface area contributed by atoms with E-state index in [-0.39, 0.29) is 12.4 Å². The second-order valence-corrected chi connectivity index (χ2v) is 4.63. The Labute approximate surface area is 105 Å². The summed E-state index contributed by atoms with van der Waals surface area (Å²) in [6, 6.07) is 6.81. The van der Waals surface area contributed by atoms with Gasteiger partial charge in [0.1, 0.15) is 24.1 Å². The second-order valence-electron chi connectivity index (χ2n) is 4.63. The molecule has 0 spiro atoms. The molecule has 1 fully saturated rings. The molecule has 5 heteroatoms. The molecule has 0 saturated carbocycles. The molecule has 0 bridgehead atoms. The Morgan fingerprint density at radius 1 is 1.06 bits per heavy atom. The van der Waals surface area contributed by atoms with E-state index in [9.17, 15) is 15.3 Å². The first-order valence-corrected chi connectivity index (χ1v) is 6.01. The molecule has 0 aromatic heterocycles. The van der Waals surface area contributed by atoms with E-state index in [4.69, 9.17) is 9.84 Å². The van der Waals surface area contributed by atoms with Crippen LogP contribution in [-0.2, 0) is 11.2 Å². The maximum atomic E-state index is 9.76. The Morgan fingerprint density at radius 2 is 1.72 bits per heavy atom. The number of aryl methyl sites for hydroxylation is 1. The van der Waals surface area contributed by atoms with E-state index in [1.807, 2.05) is 0 Å². The van der Waals surface area contributed by atoms with Crippen molar-refractivity contribution in [3.8, 4) is 5.75 Å². The number of aliphatic hydroxyl groups excluding tert-OH is 3. The maximum Gasteiger partial charge on any atom is 0.115 e. The summed E-state index contributed by atoms with van der Waals surface area (Å²) < 4.78 is 5.31. The zero-order valence-corrected chi connectivity index (χ0v) is 9.94. The monoisotopic (exact) mass is 254 g/mol. The predicted molar refractivity (Wildman–Crippen MR) is 64.2 cm³/mol. The fourth-order valence-corrected chi connectivity index (χ4v) is 2.09. The van der Waals surface area contributed by atoms with E-state index in [0.29, 0.717) is 12.8 Å². The van der Waals surface area contributed by atoms with Gasteiger partial charge in [0.2, 0.25) is 0 Å². The van der Waals surface area contributed by atoms with E-state index in [2.05, 4.69) is 0 Å². The summed E-state index contributed by atoms with van der Waals surface area (Å²) in [5.74, 6) is 0.214. The van der Waals surface area contributed by atoms with Gasteiger partial charge in [-0.15, -0.1) is 0 Å². The summed E-state index contributed by atoms with van der Waals surface area (Å²) in [6.07, 6.45) is -2.49. The molecule has 5 nitrogen and oxygen atoms in total. The van der Waals surface area contributed by atoms with Gasteiger partial charge in [0.25, 0.3) is 0 Å². The molecule has 1 aromatic carbocycles. The summed E-state index contributed by atoms with van der Waals surface area (Å²) in [5, 5.41) is 37.8. The summed E-state index contributed by atoms with van der Waals surface area (Å²) in [5.41, 5.74) is 1.02. The standard InChI is InChI=1S/C13H18O5/c14-9-4-1-8(2-5-9)3-6-11-13(17)12(16)10(15)7-18-11/h1-2,4-5,10-17H,3,6-7H2/t10-,11-,12-,13-/m1/s1. The topological polar surface area (TPSA) is 90.2 Å². The van der Waals surface area contributed by atoms with E-state index >= 15 is 0 Å². The smallest absolute Gasteiger partial charge is 0.115 e. The Kier molecular flexibility index (Phi) is 4.19. The van der Waals surface area contributed by atoms with E-state index in [1.54, 1.807) is 24.3 Å². The third-order valence-electron chi connectivity index (χ3n) is 3.26. The third kappa shape index (κ3) is 3.00. The number of phenols is 1. The van der Waals surface area contributed by atoms with Gasteiger partial charge >= 0.3 is 0 Å². The minimum Gasteiger partial charge on any atom is -0.508 e. The molecule has 0 aliphatic carbocycles. The van der Waals surface area contributed by atoms with E-state index < -0.39 is 24.4 Å². The normalized spacial score (nSPS) is 32.4. The first kappa shape index (κ1) is 13.3. The fourth-order valence-electron chi connectivity index (χ4n) is 2.09. The first-order chi connectivity index (χ1) is 8.58. The molecule has 1 aromatic rings. The van der Waals surface area contributed by atoms with Crippen molar-refractivity contribution in [2.45, 2.75) is 37.3 Å². The van der Waals surface area contributed by atoms with Gasteiger partial charge in [0, 0.05) is 0 Å². The molecule has 4 atom stereocenters. The zero-order chi connectivity index (χ0) is 13.1. The zero-order valence-electron chi connectivity index (χ0n) is 9.94. The third-order valence-corrected chi connectivity index (χ3v) is 3.26. The van der Waals surface area contributed by atoms with Crippen LogP contribution in [-0.4, -0.2) is 51.4 Å². The lowest BCUT2D eigenvalue weighted by Gasteiger charge is -2.35. The van der Waals surface area contributed by atoms with Gasteiger partial charge in [-0.05, 0) is 30.5 Å². The summed E-state index contributed by atoms with van der Waals surface area (Å²) in [6.45, 7) is 0.0401. The van der Waals surface area contributed by atoms with Crippen LogP contribution in [0.25, 0.3) is 0 Å². The molecule has 1 aliphatic rings. The largest absolute Gasteiger partial charge is 0.508 e. The van der Waals surface area contributed by atoms with Crippen molar-refractivity contribution >= 4 is 0 Å². The highest BCUT2D eigenvalue weighted by molar-refractivity contribution is 5.25. The van der Waals surface area contributed by atoms with Crippen molar-refractivity contribution in [3.63, 3.8) is 0 Å². The minimum absolute atomic E-state index is 0.0401. The average Bonchev–Trinajstić information content (AvgIpc) is 2.37. The molecule has 0 radical (unpaired) electrons. The van der Waals surface area contributed by atoms with Crippen molar-refractivity contribution in [1.82, 2.24) is 0 Å². The number of phenolic OH excluding ortho intramolecular Hbond substituents is 1. The molecule has 0 unspecified atom stereocenters. The Hall–Kier alpha value is -1.14. The van der Waals surface area contributed by atoms with Crippen LogP contribution < -0.4 is 0 Å². The molecule has 1 aliphatic heterocycles. The quantitative estimate of drug-likeness (QED) is 0.600. The molecule has 1 saturated heterocycles. The highest BCUT2D eigenvalue weighted by Gasteiger charge is 2.36. The van der Waals surface area contributed by atoms with E-state index in [1.165, 1.54) is 0 Å². The lowest BCUT2D eigenvalue weighted by atomic mass is 9.95. The Balaban J connectivity index is 1.88. The van der Waals surface area contributed by atoms with Crippen molar-refractivity contribution in [2.75, 3.05) is 6.61 Å². The fraction of sp³-hybridized carbons (Fsp3) is 0.538. The number of aliphatic hydroxyl groups is 3. The summed E-state index contributed by atoms with van der Waals surface area (Å²) in [4.78, 5) is 0. The van der Waals surface area contributed by atoms with Gasteiger partial charge in [-0.3, -0.25) is 0 Å². The number of benzene rings is 1. The average molecular weight is 254 g/mol. The molecule has 18 heavy (non-hydrogen) atoms. The highest BCUT2D eigenvalue weighted by atomic mass is 16.5. The van der Waals surface area contributed by atoms with Gasteiger partial charge in [0.05, 0.1) is 12.7 Å². The molecular weight excluding hydrogens is 236 g/mol. The molecule has 100 valence electrons. The van der Waals surface area contributed by atoms with Crippen molar-refractivity contribution in [2.24, 2.45) is 0 Å². The molecule has 2 rings (SSSR count). The van der Waals surface area contributed by atoms with Crippen LogP contribution in [0.2, 0.25) is 0 Å². The van der Waals surface area contributed by atoms with Crippen LogP contribution in [0.15, 0.2) is 24.3 Å². The number of rotatable bonds is 3. The van der Waals surface area contributed by atoms with Crippen LogP contribution in [0.1, 0.15) is 12.0 Å². The number of aromatic hydroxyl groups is 1. The van der Waals surface area contributed by atoms with Crippen LogP contribution in [0.3, 0.4) is 0 Å². The second kappa shape index (κ2) is 5.67. The lowest BCUT2D eigenvalue weighted by molar-refractivity contribution is -0.188. The SMILES string of the molecule is Oc1ccc(CC[C@H]2OC[C@@H](O)[C@@H](O)[C@@H]2O)cc1. The first-order valence-electron chi connectivity index (χ1n) is 6.01. The van der Waals surface area contributed by atoms with Gasteiger partial charge in [-0.25, -0.2) is 0 Å². The summed E-state index contributed by atoms with van der Waals surface area (Å²) in [7, 11) is 0. The minimum atomic E-state index is -1.15. The molecule has 4 N–H and O–H groups in total. The van der Waals surface area contributed by atoms with Crippen LogP contribution in [0.4, 0.5) is 0 Å². The number of ether oxygens (including phenoxy) is 1. The molecular formula is C13H18O5. The van der Waals surface area contributed by atoms with Gasteiger partial charge in [-0.1, -0.05) is 12.1 Å². The molecule has 1 heterocycles. The number of hydrogen-bond donors (Lipinski definition) is 4. The van der Waals surface area contributed by atoms with Crippen LogP contribution in [0.5, 0.6) is 5.75 Å². The number of hydrogen-bond acceptors (Lipinski definition) is 5. The highest BCUT2D eigenvalue weighted by Crippen LogP contribution is 2.20. The van der Waals surface area contributed by atoms with Gasteiger partial charge in [-0.2, -0.15) is 0 Å². The lowest BCUT2D eigenvalue weighted by Crippen LogP contribution is -2.52. The Morgan fingerprint density at radius 3 is 2.39 bits per heavy atom.